The van der Waals surface area contributed by atoms with Crippen LogP contribution >= 0.6 is 0 Å². The number of hydrogen-bond acceptors (Lipinski definition) is 6. The molecule has 0 bridgehead atoms. The molecular weight excluding hydrogens is 260 g/mol. The number of aromatic nitrogens is 3. The fraction of sp³-hybridized carbons (Fsp3) is 0.0769. The third-order valence-corrected chi connectivity index (χ3v) is 2.80. The van der Waals surface area contributed by atoms with E-state index >= 15 is 0 Å². The van der Waals surface area contributed by atoms with E-state index in [4.69, 9.17) is 9.63 Å². The Hall–Kier alpha value is -2.96. The van der Waals surface area contributed by atoms with Gasteiger partial charge in [-0.15, -0.1) is 0 Å². The molecule has 2 aromatic heterocycles. The van der Waals surface area contributed by atoms with Crippen molar-refractivity contribution in [2.75, 3.05) is 5.32 Å². The molecule has 3 aromatic rings. The second kappa shape index (κ2) is 4.96. The molecule has 0 unspecified atom stereocenters. The van der Waals surface area contributed by atoms with Gasteiger partial charge >= 0.3 is 5.97 Å². The number of benzene rings is 1. The van der Waals surface area contributed by atoms with Crippen LogP contribution in [0.1, 0.15) is 16.1 Å². The predicted octanol–water partition coefficient (Wildman–Crippen LogP) is 1.93. The first-order valence-electron chi connectivity index (χ1n) is 5.85. The maximum Gasteiger partial charge on any atom is 0.335 e. The molecule has 0 saturated carbocycles. The van der Waals surface area contributed by atoms with E-state index in [0.29, 0.717) is 23.6 Å². The largest absolute Gasteiger partial charge is 0.478 e. The zero-order chi connectivity index (χ0) is 13.9. The highest BCUT2D eigenvalue weighted by atomic mass is 16.5. The molecule has 2 heterocycles. The summed E-state index contributed by atoms with van der Waals surface area (Å²) in [6, 6.07) is 6.47. The van der Waals surface area contributed by atoms with Crippen molar-refractivity contribution >= 4 is 22.7 Å². The van der Waals surface area contributed by atoms with Crippen LogP contribution in [0.25, 0.3) is 10.9 Å². The van der Waals surface area contributed by atoms with Crippen LogP contribution in [0.2, 0.25) is 0 Å². The van der Waals surface area contributed by atoms with Gasteiger partial charge in [-0.2, -0.15) is 0 Å². The van der Waals surface area contributed by atoms with Crippen LogP contribution in [0, 0.1) is 0 Å². The second-order valence-electron chi connectivity index (χ2n) is 4.09. The maximum atomic E-state index is 10.9. The van der Waals surface area contributed by atoms with Crippen molar-refractivity contribution in [2.45, 2.75) is 6.54 Å². The summed E-state index contributed by atoms with van der Waals surface area (Å²) in [5, 5.41) is 16.4. The van der Waals surface area contributed by atoms with Gasteiger partial charge in [0.25, 0.3) is 0 Å². The van der Waals surface area contributed by atoms with Crippen molar-refractivity contribution in [1.29, 1.82) is 0 Å². The number of anilines is 1. The standard InChI is InChI=1S/C13H10N4O3/c18-13(19)8-1-2-10-11(5-8)15-7-16-12(10)14-6-9-3-4-17-20-9/h1-5,7H,6H2,(H,18,19)(H,14,15,16). The highest BCUT2D eigenvalue weighted by Crippen LogP contribution is 2.21. The molecule has 0 atom stereocenters. The summed E-state index contributed by atoms with van der Waals surface area (Å²) >= 11 is 0. The van der Waals surface area contributed by atoms with E-state index in [2.05, 4.69) is 20.4 Å². The quantitative estimate of drug-likeness (QED) is 0.746. The van der Waals surface area contributed by atoms with Gasteiger partial charge in [0.15, 0.2) is 5.76 Å². The molecule has 0 amide bonds. The predicted molar refractivity (Wildman–Crippen MR) is 70.3 cm³/mol. The minimum absolute atomic E-state index is 0.192. The Bertz CT molecular complexity index is 755. The lowest BCUT2D eigenvalue weighted by molar-refractivity contribution is 0.0697. The van der Waals surface area contributed by atoms with Crippen LogP contribution in [0.4, 0.5) is 5.82 Å². The Morgan fingerprint density at radius 1 is 1.30 bits per heavy atom. The fourth-order valence-electron chi connectivity index (χ4n) is 1.84. The van der Waals surface area contributed by atoms with Crippen LogP contribution < -0.4 is 5.32 Å². The van der Waals surface area contributed by atoms with Crippen LogP contribution in [0.5, 0.6) is 0 Å². The van der Waals surface area contributed by atoms with E-state index in [1.807, 2.05) is 0 Å². The van der Waals surface area contributed by atoms with Gasteiger partial charge in [0.05, 0.1) is 23.8 Å². The molecule has 0 radical (unpaired) electrons. The summed E-state index contributed by atoms with van der Waals surface area (Å²) in [4.78, 5) is 19.2. The molecule has 100 valence electrons. The van der Waals surface area contributed by atoms with E-state index in [0.717, 1.165) is 5.39 Å². The van der Waals surface area contributed by atoms with E-state index in [9.17, 15) is 4.79 Å². The van der Waals surface area contributed by atoms with E-state index in [1.165, 1.54) is 18.5 Å². The van der Waals surface area contributed by atoms with Gasteiger partial charge in [0, 0.05) is 11.5 Å². The summed E-state index contributed by atoms with van der Waals surface area (Å²) in [6.45, 7) is 0.437. The minimum Gasteiger partial charge on any atom is -0.478 e. The average Bonchev–Trinajstić information content (AvgIpc) is 2.97. The van der Waals surface area contributed by atoms with Crippen molar-refractivity contribution in [3.63, 3.8) is 0 Å². The normalized spacial score (nSPS) is 10.6. The van der Waals surface area contributed by atoms with Gasteiger partial charge in [0.2, 0.25) is 0 Å². The zero-order valence-corrected chi connectivity index (χ0v) is 10.3. The van der Waals surface area contributed by atoms with Crippen molar-refractivity contribution < 1.29 is 14.4 Å². The molecule has 1 aromatic carbocycles. The number of nitrogens with zero attached hydrogens (tertiary/aromatic N) is 3. The van der Waals surface area contributed by atoms with Crippen molar-refractivity contribution in [2.24, 2.45) is 0 Å². The summed E-state index contributed by atoms with van der Waals surface area (Å²) in [7, 11) is 0. The lowest BCUT2D eigenvalue weighted by atomic mass is 10.1. The third kappa shape index (κ3) is 2.28. The van der Waals surface area contributed by atoms with Gasteiger partial charge in [-0.3, -0.25) is 0 Å². The molecule has 0 aliphatic rings. The fourth-order valence-corrected chi connectivity index (χ4v) is 1.84. The number of hydrogen-bond donors (Lipinski definition) is 2. The highest BCUT2D eigenvalue weighted by Gasteiger charge is 2.08. The van der Waals surface area contributed by atoms with Gasteiger partial charge in [0.1, 0.15) is 12.1 Å². The third-order valence-electron chi connectivity index (χ3n) is 2.80. The number of carboxylic acids is 1. The molecule has 0 spiro atoms. The summed E-state index contributed by atoms with van der Waals surface area (Å²) in [5.41, 5.74) is 0.761. The van der Waals surface area contributed by atoms with Crippen molar-refractivity contribution in [1.82, 2.24) is 15.1 Å². The molecular formula is C13H10N4O3. The van der Waals surface area contributed by atoms with Crippen molar-refractivity contribution in [3.8, 4) is 0 Å². The number of aromatic carboxylic acids is 1. The highest BCUT2D eigenvalue weighted by molar-refractivity contribution is 5.96. The van der Waals surface area contributed by atoms with E-state index in [1.54, 1.807) is 18.3 Å². The first-order valence-corrected chi connectivity index (χ1v) is 5.85. The van der Waals surface area contributed by atoms with E-state index in [-0.39, 0.29) is 5.56 Å². The topological polar surface area (TPSA) is 101 Å². The van der Waals surface area contributed by atoms with Crippen molar-refractivity contribution in [3.05, 3.63) is 48.1 Å². The Balaban J connectivity index is 1.93. The summed E-state index contributed by atoms with van der Waals surface area (Å²) < 4.78 is 4.98. The van der Waals surface area contributed by atoms with Gasteiger partial charge < -0.3 is 14.9 Å². The molecule has 2 N–H and O–H groups in total. The Morgan fingerprint density at radius 2 is 2.20 bits per heavy atom. The van der Waals surface area contributed by atoms with Gasteiger partial charge in [-0.25, -0.2) is 14.8 Å². The Kier molecular flexibility index (Phi) is 3.00. The van der Waals surface area contributed by atoms with Gasteiger partial charge in [-0.1, -0.05) is 5.16 Å². The second-order valence-corrected chi connectivity index (χ2v) is 4.09. The smallest absolute Gasteiger partial charge is 0.335 e. The average molecular weight is 270 g/mol. The number of fused-ring (bicyclic) bond motifs is 1. The Morgan fingerprint density at radius 3 is 2.95 bits per heavy atom. The molecule has 0 aliphatic carbocycles. The minimum atomic E-state index is -0.985. The monoisotopic (exact) mass is 270 g/mol. The number of nitrogens with one attached hydrogen (secondary N) is 1. The lowest BCUT2D eigenvalue weighted by Gasteiger charge is -2.07. The molecule has 0 fully saturated rings. The maximum absolute atomic E-state index is 10.9. The molecule has 0 saturated heterocycles. The summed E-state index contributed by atoms with van der Waals surface area (Å²) in [5.74, 6) is 0.309. The zero-order valence-electron chi connectivity index (χ0n) is 10.3. The van der Waals surface area contributed by atoms with Gasteiger partial charge in [-0.05, 0) is 18.2 Å². The first-order chi connectivity index (χ1) is 9.74. The lowest BCUT2D eigenvalue weighted by Crippen LogP contribution is -2.02. The van der Waals surface area contributed by atoms with Crippen LogP contribution in [0.3, 0.4) is 0 Å². The summed E-state index contributed by atoms with van der Waals surface area (Å²) in [6.07, 6.45) is 2.95. The van der Waals surface area contributed by atoms with Crippen LogP contribution in [0.15, 0.2) is 41.3 Å². The number of carboxylic acid groups (broad SMARTS) is 1. The number of carbonyl (C=O) groups is 1. The Labute approximate surface area is 113 Å². The number of rotatable bonds is 4. The van der Waals surface area contributed by atoms with E-state index < -0.39 is 5.97 Å². The molecule has 0 aliphatic heterocycles. The van der Waals surface area contributed by atoms with Crippen LogP contribution in [-0.4, -0.2) is 26.2 Å². The molecule has 3 rings (SSSR count). The first kappa shape index (κ1) is 12.1. The molecule has 7 nitrogen and oxygen atoms in total. The SMILES string of the molecule is O=C(O)c1ccc2c(NCc3ccno3)ncnc2c1. The van der Waals surface area contributed by atoms with Crippen LogP contribution in [-0.2, 0) is 6.54 Å². The molecule has 7 heteroatoms. The molecule has 20 heavy (non-hydrogen) atoms.